The van der Waals surface area contributed by atoms with Crippen molar-refractivity contribution in [3.8, 4) is 5.75 Å². The number of phenolic OH excluding ortho intramolecular Hbond substituents is 1. The molecule has 0 fully saturated rings. The minimum absolute atomic E-state index is 0. The first kappa shape index (κ1) is 14.5. The summed E-state index contributed by atoms with van der Waals surface area (Å²) in [7, 11) is 0. The van der Waals surface area contributed by atoms with E-state index in [4.69, 9.17) is 0 Å². The van der Waals surface area contributed by atoms with Gasteiger partial charge in [-0.05, 0) is 12.1 Å². The second-order valence-corrected chi connectivity index (χ2v) is 3.28. The van der Waals surface area contributed by atoms with Crippen molar-refractivity contribution in [3.05, 3.63) is 42.3 Å². The van der Waals surface area contributed by atoms with Crippen molar-refractivity contribution >= 4 is 11.9 Å². The van der Waals surface area contributed by atoms with Crippen LogP contribution in [0.5, 0.6) is 5.75 Å². The molecule has 2 nitrogen and oxygen atoms in total. The number of fused-ring (bicyclic) bond motifs is 1. The first-order chi connectivity index (χ1) is 6.22. The van der Waals surface area contributed by atoms with E-state index in [-0.39, 0.29) is 45.9 Å². The zero-order valence-corrected chi connectivity index (χ0v) is 11.7. The Balaban J connectivity index is 0.000000980. The Morgan fingerprint density at radius 2 is 2.07 bits per heavy atom. The molecule has 0 unspecified atom stereocenters. The molecule has 2 rings (SSSR count). The predicted molar refractivity (Wildman–Crippen MR) is 56.5 cm³/mol. The van der Waals surface area contributed by atoms with E-state index in [1.165, 1.54) is 0 Å². The molecule has 0 saturated heterocycles. The second-order valence-electron chi connectivity index (χ2n) is 3.28. The van der Waals surface area contributed by atoms with Gasteiger partial charge in [-0.25, -0.2) is 0 Å². The van der Waals surface area contributed by atoms with Gasteiger partial charge in [-0.1, -0.05) is 18.9 Å². The topological polar surface area (TPSA) is 37.3 Å². The minimum Gasteiger partial charge on any atom is -0.508 e. The van der Waals surface area contributed by atoms with Crippen molar-refractivity contribution in [3.63, 3.8) is 0 Å². The molecule has 1 aromatic rings. The van der Waals surface area contributed by atoms with Crippen molar-refractivity contribution < 1.29 is 42.6 Å². The molecule has 0 spiro atoms. The fraction of sp³-hybridized carbons (Fsp3) is 0.167. The molecular weight excluding hydrogens is 265 g/mol. The SMILES string of the molecule is CC1=C([C-]=O)c2ccc(O)cc2C1.[CH3-].[Y]. The van der Waals surface area contributed by atoms with Crippen LogP contribution in [0.1, 0.15) is 18.1 Å². The molecule has 0 saturated carbocycles. The molecule has 0 atom stereocenters. The van der Waals surface area contributed by atoms with Crippen LogP contribution >= 0.6 is 0 Å². The number of rotatable bonds is 1. The van der Waals surface area contributed by atoms with Crippen LogP contribution in [0, 0.1) is 7.43 Å². The van der Waals surface area contributed by atoms with Crippen molar-refractivity contribution in [1.82, 2.24) is 0 Å². The molecule has 0 heterocycles. The maximum Gasteiger partial charge on any atom is 0.113 e. The Kier molecular flexibility index (Phi) is 5.40. The van der Waals surface area contributed by atoms with Crippen molar-refractivity contribution in [1.29, 1.82) is 0 Å². The van der Waals surface area contributed by atoms with Crippen molar-refractivity contribution in [2.75, 3.05) is 0 Å². The molecule has 77 valence electrons. The molecule has 0 bridgehead atoms. The fourth-order valence-electron chi connectivity index (χ4n) is 1.72. The van der Waals surface area contributed by atoms with E-state index in [9.17, 15) is 9.90 Å². The predicted octanol–water partition coefficient (Wildman–Crippen LogP) is 2.28. The third kappa shape index (κ3) is 2.56. The number of allylic oxidation sites excluding steroid dienone is 2. The van der Waals surface area contributed by atoms with E-state index in [0.717, 1.165) is 23.1 Å². The first-order valence-electron chi connectivity index (χ1n) is 4.12. The summed E-state index contributed by atoms with van der Waals surface area (Å²) >= 11 is 0. The molecule has 15 heavy (non-hydrogen) atoms. The smallest absolute Gasteiger partial charge is 0.113 e. The summed E-state index contributed by atoms with van der Waals surface area (Å²) in [6, 6.07) is 5.05. The summed E-state index contributed by atoms with van der Waals surface area (Å²) in [4.78, 5) is 10.6. The maximum atomic E-state index is 10.6. The summed E-state index contributed by atoms with van der Waals surface area (Å²) in [6.07, 6.45) is 2.68. The molecule has 3 heteroatoms. The van der Waals surface area contributed by atoms with Crippen LogP contribution in [0.25, 0.3) is 5.57 Å². The van der Waals surface area contributed by atoms with E-state index >= 15 is 0 Å². The zero-order valence-electron chi connectivity index (χ0n) is 8.87. The molecule has 1 N–H and O–H groups in total. The van der Waals surface area contributed by atoms with Gasteiger partial charge in [0.2, 0.25) is 0 Å². The first-order valence-corrected chi connectivity index (χ1v) is 4.12. The van der Waals surface area contributed by atoms with E-state index in [1.807, 2.05) is 13.2 Å². The zero-order chi connectivity index (χ0) is 9.42. The Hall–Kier alpha value is -0.466. The Bertz CT molecular complexity index is 408. The molecule has 0 aromatic heterocycles. The molecule has 1 aliphatic rings. The van der Waals surface area contributed by atoms with Gasteiger partial charge < -0.3 is 17.3 Å². The Morgan fingerprint density at radius 3 is 2.67 bits per heavy atom. The molecular formula is C12H12O2Y-2. The number of hydrogen-bond acceptors (Lipinski definition) is 2. The van der Waals surface area contributed by atoms with Crippen molar-refractivity contribution in [2.24, 2.45) is 0 Å². The average Bonchev–Trinajstić information content (AvgIpc) is 2.39. The monoisotopic (exact) mass is 277 g/mol. The van der Waals surface area contributed by atoms with Gasteiger partial charge in [-0.3, -0.25) is 0 Å². The molecule has 0 amide bonds. The second kappa shape index (κ2) is 5.57. The molecule has 1 aromatic carbocycles. The van der Waals surface area contributed by atoms with Gasteiger partial charge in [0.25, 0.3) is 0 Å². The summed E-state index contributed by atoms with van der Waals surface area (Å²) in [5, 5.41) is 9.22. The maximum absolute atomic E-state index is 10.6. The van der Waals surface area contributed by atoms with Crippen LogP contribution < -0.4 is 0 Å². The quantitative estimate of drug-likeness (QED) is 0.800. The number of aromatic hydroxyl groups is 1. The summed E-state index contributed by atoms with van der Waals surface area (Å²) in [5.41, 5.74) is 3.59. The average molecular weight is 277 g/mol. The molecule has 1 aliphatic carbocycles. The number of carbonyl (C=O) groups excluding carboxylic acids is 1. The van der Waals surface area contributed by atoms with Gasteiger partial charge in [-0.2, -0.15) is 5.57 Å². The Labute approximate surface area is 115 Å². The van der Waals surface area contributed by atoms with Crippen LogP contribution in [0.2, 0.25) is 0 Å². The standard InChI is InChI=1S/C11H9O2.CH3.Y/c1-7-4-8-5-9(13)2-3-10(8)11(7)6-12;;/h2-3,5,13H,4H2,1H3;1H3;/q2*-1;. The summed E-state index contributed by atoms with van der Waals surface area (Å²) in [6.45, 7) is 1.91. The van der Waals surface area contributed by atoms with Crippen LogP contribution in [0.3, 0.4) is 0 Å². The summed E-state index contributed by atoms with van der Waals surface area (Å²) < 4.78 is 0. The van der Waals surface area contributed by atoms with Crippen LogP contribution in [-0.2, 0) is 43.9 Å². The number of benzene rings is 1. The largest absolute Gasteiger partial charge is 0.508 e. The third-order valence-corrected chi connectivity index (χ3v) is 2.34. The van der Waals surface area contributed by atoms with Crippen molar-refractivity contribution in [2.45, 2.75) is 13.3 Å². The van der Waals surface area contributed by atoms with Crippen LogP contribution in [0.15, 0.2) is 23.8 Å². The third-order valence-electron chi connectivity index (χ3n) is 2.34. The summed E-state index contributed by atoms with van der Waals surface area (Å²) in [5.74, 6) is 0.249. The Morgan fingerprint density at radius 1 is 1.40 bits per heavy atom. The molecule has 0 aliphatic heterocycles. The van der Waals surface area contributed by atoms with Gasteiger partial charge in [0.1, 0.15) is 5.75 Å². The number of phenols is 1. The van der Waals surface area contributed by atoms with Gasteiger partial charge in [0.15, 0.2) is 0 Å². The van der Waals surface area contributed by atoms with Gasteiger partial charge in [-0.15, -0.1) is 17.2 Å². The molecule has 1 radical (unpaired) electrons. The van der Waals surface area contributed by atoms with E-state index in [0.29, 0.717) is 5.57 Å². The van der Waals surface area contributed by atoms with Gasteiger partial charge in [0, 0.05) is 32.7 Å². The normalized spacial score (nSPS) is 12.6. The van der Waals surface area contributed by atoms with Crippen LogP contribution in [0.4, 0.5) is 0 Å². The number of hydrogen-bond donors (Lipinski definition) is 1. The minimum atomic E-state index is 0. The van der Waals surface area contributed by atoms with Gasteiger partial charge in [0.05, 0.1) is 6.29 Å². The van der Waals surface area contributed by atoms with E-state index < -0.39 is 0 Å². The van der Waals surface area contributed by atoms with Gasteiger partial charge >= 0.3 is 0 Å². The van der Waals surface area contributed by atoms with Crippen LogP contribution in [-0.4, -0.2) is 11.4 Å². The van der Waals surface area contributed by atoms with E-state index in [1.54, 1.807) is 18.2 Å². The fourth-order valence-corrected chi connectivity index (χ4v) is 1.72. The van der Waals surface area contributed by atoms with E-state index in [2.05, 4.69) is 0 Å².